The minimum atomic E-state index is 0.754. The highest BCUT2D eigenvalue weighted by Gasteiger charge is 2.16. The van der Waals surface area contributed by atoms with Crippen molar-refractivity contribution in [1.82, 2.24) is 9.91 Å². The van der Waals surface area contributed by atoms with E-state index in [4.69, 9.17) is 11.6 Å². The van der Waals surface area contributed by atoms with Crippen LogP contribution in [-0.2, 0) is 6.54 Å². The first-order valence-corrected chi connectivity index (χ1v) is 9.39. The van der Waals surface area contributed by atoms with Gasteiger partial charge in [0.2, 0.25) is 0 Å². The number of halogens is 1. The van der Waals surface area contributed by atoms with Gasteiger partial charge in [-0.1, -0.05) is 66.2 Å². The molecule has 0 aliphatic carbocycles. The van der Waals surface area contributed by atoms with Gasteiger partial charge >= 0.3 is 0 Å². The smallest absolute Gasteiger partial charge is 0.0542 e. The van der Waals surface area contributed by atoms with E-state index < -0.39 is 0 Å². The fraction of sp³-hybridized carbons (Fsp3) is 0.227. The van der Waals surface area contributed by atoms with Gasteiger partial charge in [-0.3, -0.25) is 9.91 Å². The molecule has 132 valence electrons. The first kappa shape index (κ1) is 17.1. The molecule has 1 saturated heterocycles. The predicted octanol–water partition coefficient (Wildman–Crippen LogP) is 4.64. The fourth-order valence-corrected chi connectivity index (χ4v) is 3.51. The van der Waals surface area contributed by atoms with E-state index in [9.17, 15) is 0 Å². The van der Waals surface area contributed by atoms with E-state index in [2.05, 4.69) is 57.5 Å². The van der Waals surface area contributed by atoms with Crippen LogP contribution in [0.4, 0.5) is 0 Å². The topological polar surface area (TPSA) is 18.8 Å². The van der Waals surface area contributed by atoms with Crippen molar-refractivity contribution in [3.05, 3.63) is 82.9 Å². The summed E-state index contributed by atoms with van der Waals surface area (Å²) in [5.41, 5.74) is 2.48. The van der Waals surface area contributed by atoms with Crippen LogP contribution in [0.5, 0.6) is 0 Å². The standard InChI is InChI=1S/C22H22ClN3/c23-21-10-8-18(9-11-21)16-24-26-14-12-25(13-15-26)17-20-6-3-5-19-4-1-2-7-22(19)20/h1-11,16H,12-15,17H2/b24-16+. The van der Waals surface area contributed by atoms with E-state index in [-0.39, 0.29) is 0 Å². The normalized spacial score (nSPS) is 15.8. The Bertz CT molecular complexity index is 891. The van der Waals surface area contributed by atoms with Gasteiger partial charge in [0, 0.05) is 37.7 Å². The third-order valence-electron chi connectivity index (χ3n) is 4.86. The number of piperazine rings is 1. The zero-order valence-electron chi connectivity index (χ0n) is 14.7. The summed E-state index contributed by atoms with van der Waals surface area (Å²) in [5, 5.41) is 10.2. The average molecular weight is 364 g/mol. The summed E-state index contributed by atoms with van der Waals surface area (Å²) in [5.74, 6) is 0. The summed E-state index contributed by atoms with van der Waals surface area (Å²) in [4.78, 5) is 2.51. The second-order valence-corrected chi connectivity index (χ2v) is 7.10. The molecular weight excluding hydrogens is 342 g/mol. The first-order chi connectivity index (χ1) is 12.8. The Hall–Kier alpha value is -2.36. The van der Waals surface area contributed by atoms with Gasteiger partial charge in [0.15, 0.2) is 0 Å². The molecule has 3 nitrogen and oxygen atoms in total. The Labute approximate surface area is 159 Å². The van der Waals surface area contributed by atoms with Crippen LogP contribution in [0.2, 0.25) is 5.02 Å². The lowest BCUT2D eigenvalue weighted by atomic mass is 10.0. The highest BCUT2D eigenvalue weighted by atomic mass is 35.5. The number of nitrogens with zero attached hydrogens (tertiary/aromatic N) is 3. The molecule has 1 aliphatic heterocycles. The number of rotatable bonds is 4. The second-order valence-electron chi connectivity index (χ2n) is 6.66. The summed E-state index contributed by atoms with van der Waals surface area (Å²) >= 11 is 5.92. The van der Waals surface area contributed by atoms with E-state index in [0.29, 0.717) is 0 Å². The monoisotopic (exact) mass is 363 g/mol. The van der Waals surface area contributed by atoms with Gasteiger partial charge in [-0.25, -0.2) is 0 Å². The number of hydrogen-bond acceptors (Lipinski definition) is 3. The third kappa shape index (κ3) is 4.06. The van der Waals surface area contributed by atoms with Crippen LogP contribution in [0.3, 0.4) is 0 Å². The lowest BCUT2D eigenvalue weighted by Crippen LogP contribution is -2.43. The van der Waals surface area contributed by atoms with Gasteiger partial charge in [0.1, 0.15) is 0 Å². The molecule has 4 heteroatoms. The van der Waals surface area contributed by atoms with Crippen LogP contribution in [0, 0.1) is 0 Å². The minimum Gasteiger partial charge on any atom is -0.295 e. The molecule has 3 aromatic carbocycles. The molecule has 26 heavy (non-hydrogen) atoms. The molecule has 1 fully saturated rings. The average Bonchev–Trinajstić information content (AvgIpc) is 2.69. The van der Waals surface area contributed by atoms with Crippen LogP contribution in [-0.4, -0.2) is 42.3 Å². The molecular formula is C22H22ClN3. The van der Waals surface area contributed by atoms with Crippen molar-refractivity contribution in [2.75, 3.05) is 26.2 Å². The van der Waals surface area contributed by atoms with Crippen molar-refractivity contribution in [2.45, 2.75) is 6.54 Å². The molecule has 0 N–H and O–H groups in total. The van der Waals surface area contributed by atoms with Crippen LogP contribution in [0.25, 0.3) is 10.8 Å². The molecule has 0 radical (unpaired) electrons. The van der Waals surface area contributed by atoms with Crippen molar-refractivity contribution in [1.29, 1.82) is 0 Å². The molecule has 0 atom stereocenters. The van der Waals surface area contributed by atoms with Gasteiger partial charge in [0.05, 0.1) is 6.21 Å². The number of fused-ring (bicyclic) bond motifs is 1. The molecule has 0 aromatic heterocycles. The molecule has 0 bridgehead atoms. The van der Waals surface area contributed by atoms with Gasteiger partial charge < -0.3 is 0 Å². The zero-order chi connectivity index (χ0) is 17.8. The van der Waals surface area contributed by atoms with Crippen molar-refractivity contribution >= 4 is 28.6 Å². The maximum absolute atomic E-state index is 5.92. The number of hydrogen-bond donors (Lipinski definition) is 0. The van der Waals surface area contributed by atoms with Gasteiger partial charge in [-0.2, -0.15) is 5.10 Å². The number of hydrazone groups is 1. The summed E-state index contributed by atoms with van der Waals surface area (Å²) in [6.45, 7) is 4.96. The van der Waals surface area contributed by atoms with Crippen LogP contribution < -0.4 is 0 Å². The predicted molar refractivity (Wildman–Crippen MR) is 110 cm³/mol. The SMILES string of the molecule is Clc1ccc(/C=N/N2CCN(Cc3cccc4ccccc34)CC2)cc1. The van der Waals surface area contributed by atoms with Crippen molar-refractivity contribution in [2.24, 2.45) is 5.10 Å². The Morgan fingerprint density at radius 3 is 2.38 bits per heavy atom. The van der Waals surface area contributed by atoms with Gasteiger partial charge in [-0.05, 0) is 34.0 Å². The Morgan fingerprint density at radius 2 is 1.58 bits per heavy atom. The van der Waals surface area contributed by atoms with E-state index in [1.54, 1.807) is 0 Å². The highest BCUT2D eigenvalue weighted by Crippen LogP contribution is 2.20. The van der Waals surface area contributed by atoms with E-state index in [1.165, 1.54) is 16.3 Å². The van der Waals surface area contributed by atoms with Crippen LogP contribution in [0.1, 0.15) is 11.1 Å². The second kappa shape index (κ2) is 7.90. The summed E-state index contributed by atoms with van der Waals surface area (Å²) in [6, 6.07) is 23.0. The largest absolute Gasteiger partial charge is 0.295 e. The first-order valence-electron chi connectivity index (χ1n) is 9.01. The van der Waals surface area contributed by atoms with Crippen molar-refractivity contribution in [3.63, 3.8) is 0 Å². The molecule has 0 amide bonds. The molecule has 4 rings (SSSR count). The molecule has 1 heterocycles. The Kier molecular flexibility index (Phi) is 5.19. The van der Waals surface area contributed by atoms with Crippen LogP contribution in [0.15, 0.2) is 71.8 Å². The minimum absolute atomic E-state index is 0.754. The highest BCUT2D eigenvalue weighted by molar-refractivity contribution is 6.30. The third-order valence-corrected chi connectivity index (χ3v) is 5.11. The van der Waals surface area contributed by atoms with Gasteiger partial charge in [-0.15, -0.1) is 0 Å². The summed E-state index contributed by atoms with van der Waals surface area (Å²) in [7, 11) is 0. The van der Waals surface area contributed by atoms with E-state index in [0.717, 1.165) is 43.3 Å². The molecule has 0 spiro atoms. The maximum atomic E-state index is 5.92. The Morgan fingerprint density at radius 1 is 0.846 bits per heavy atom. The van der Waals surface area contributed by atoms with E-state index in [1.807, 2.05) is 30.5 Å². The maximum Gasteiger partial charge on any atom is 0.0542 e. The summed E-state index contributed by atoms with van der Waals surface area (Å²) < 4.78 is 0. The van der Waals surface area contributed by atoms with Crippen molar-refractivity contribution < 1.29 is 0 Å². The molecule has 3 aromatic rings. The molecule has 0 saturated carbocycles. The summed E-state index contributed by atoms with van der Waals surface area (Å²) in [6.07, 6.45) is 1.91. The Balaban J connectivity index is 1.35. The lowest BCUT2D eigenvalue weighted by Gasteiger charge is -2.33. The quantitative estimate of drug-likeness (QED) is 0.628. The fourth-order valence-electron chi connectivity index (χ4n) is 3.38. The molecule has 0 unspecified atom stereocenters. The molecule has 1 aliphatic rings. The van der Waals surface area contributed by atoms with Crippen molar-refractivity contribution in [3.8, 4) is 0 Å². The van der Waals surface area contributed by atoms with Crippen LogP contribution >= 0.6 is 11.6 Å². The lowest BCUT2D eigenvalue weighted by molar-refractivity contribution is 0.131. The number of benzene rings is 3. The zero-order valence-corrected chi connectivity index (χ0v) is 15.4. The van der Waals surface area contributed by atoms with Gasteiger partial charge in [0.25, 0.3) is 0 Å². The van der Waals surface area contributed by atoms with E-state index >= 15 is 0 Å².